The molecule has 6 heteroatoms. The van der Waals surface area contributed by atoms with Crippen LogP contribution in [0.4, 0.5) is 13.2 Å². The first-order valence-electron chi connectivity index (χ1n) is 3.66. The van der Waals surface area contributed by atoms with Gasteiger partial charge in [-0.05, 0) is 18.2 Å². The molecule has 0 atom stereocenters. The molecule has 0 aliphatic carbocycles. The van der Waals surface area contributed by atoms with Crippen LogP contribution in [0.2, 0.25) is 0 Å². The van der Waals surface area contributed by atoms with Crippen LogP contribution in [-0.4, -0.2) is 6.21 Å². The van der Waals surface area contributed by atoms with Crippen LogP contribution in [0.25, 0.3) is 0 Å². The zero-order valence-electron chi connectivity index (χ0n) is 6.71. The van der Waals surface area contributed by atoms with Gasteiger partial charge in [0.05, 0.1) is 16.7 Å². The molecule has 1 aromatic rings. The summed E-state index contributed by atoms with van der Waals surface area (Å²) in [7, 11) is 0. The third-order valence-corrected chi connectivity index (χ3v) is 2.41. The Balaban J connectivity index is 2.45. The minimum atomic E-state index is -4.31. The van der Waals surface area contributed by atoms with Gasteiger partial charge >= 0.3 is 6.18 Å². The minimum absolute atomic E-state index is 0.427. The largest absolute Gasteiger partial charge is 0.416 e. The lowest BCUT2D eigenvalue weighted by molar-refractivity contribution is -0.137. The molecule has 1 aromatic carbocycles. The van der Waals surface area contributed by atoms with Gasteiger partial charge in [-0.2, -0.15) is 13.2 Å². The molecule has 1 aliphatic heterocycles. The fraction of sp³-hybridized carbons (Fsp3) is 0.125. The predicted octanol–water partition coefficient (Wildman–Crippen LogP) is 3.08. The molecule has 0 bridgehead atoms. The first kappa shape index (κ1) is 9.39. The van der Waals surface area contributed by atoms with Crippen molar-refractivity contribution in [3.63, 3.8) is 0 Å². The average Bonchev–Trinajstić information content (AvgIpc) is 2.16. The fourth-order valence-corrected chi connectivity index (χ4v) is 1.54. The lowest BCUT2D eigenvalue weighted by Gasteiger charge is -2.11. The van der Waals surface area contributed by atoms with Gasteiger partial charge in [0.1, 0.15) is 12.0 Å². The summed E-state index contributed by atoms with van der Waals surface area (Å²) >= 11 is 0.943. The molecule has 0 saturated carbocycles. The summed E-state index contributed by atoms with van der Waals surface area (Å²) in [5, 5.41) is 3.41. The van der Waals surface area contributed by atoms with Gasteiger partial charge in [0.2, 0.25) is 0 Å². The smallest absolute Gasteiger partial charge is 0.317 e. The molecule has 2 rings (SSSR count). The molecule has 0 radical (unpaired) electrons. The Bertz CT molecular complexity index is 389. The van der Waals surface area contributed by atoms with Gasteiger partial charge in [0, 0.05) is 5.56 Å². The molecule has 74 valence electrons. The zero-order valence-corrected chi connectivity index (χ0v) is 7.52. The Kier molecular flexibility index (Phi) is 2.14. The van der Waals surface area contributed by atoms with Crippen LogP contribution in [-0.2, 0) is 10.5 Å². The molecule has 0 spiro atoms. The number of oxime groups is 1. The van der Waals surface area contributed by atoms with Crippen LogP contribution >= 0.6 is 12.0 Å². The second kappa shape index (κ2) is 3.20. The van der Waals surface area contributed by atoms with Crippen LogP contribution in [0.15, 0.2) is 28.3 Å². The minimum Gasteiger partial charge on any atom is -0.317 e. The molecule has 0 N–H and O–H groups in total. The molecule has 1 aliphatic rings. The van der Waals surface area contributed by atoms with E-state index in [4.69, 9.17) is 0 Å². The van der Waals surface area contributed by atoms with E-state index in [1.807, 2.05) is 0 Å². The van der Waals surface area contributed by atoms with Crippen LogP contribution in [0.3, 0.4) is 0 Å². The Labute approximate surface area is 81.9 Å². The number of nitrogens with zero attached hydrogens (tertiary/aromatic N) is 1. The molecule has 0 unspecified atom stereocenters. The Morgan fingerprint density at radius 1 is 1.29 bits per heavy atom. The second-order valence-corrected chi connectivity index (χ2v) is 3.40. The summed E-state index contributed by atoms with van der Waals surface area (Å²) < 4.78 is 41.5. The highest BCUT2D eigenvalue weighted by Gasteiger charge is 2.31. The van der Waals surface area contributed by atoms with E-state index in [1.165, 1.54) is 12.3 Å². The maximum absolute atomic E-state index is 12.3. The van der Waals surface area contributed by atoms with Crippen molar-refractivity contribution in [1.29, 1.82) is 0 Å². The molecule has 0 aromatic heterocycles. The second-order valence-electron chi connectivity index (χ2n) is 2.64. The van der Waals surface area contributed by atoms with Crippen molar-refractivity contribution in [2.45, 2.75) is 11.1 Å². The SMILES string of the molecule is FC(F)(F)c1ccc2c(c1)C=NOS2. The monoisotopic (exact) mass is 219 g/mol. The molecule has 0 amide bonds. The molecule has 2 nitrogen and oxygen atoms in total. The van der Waals surface area contributed by atoms with Gasteiger partial charge < -0.3 is 4.28 Å². The third-order valence-electron chi connectivity index (χ3n) is 1.70. The summed E-state index contributed by atoms with van der Waals surface area (Å²) in [4.78, 5) is 0.632. The highest BCUT2D eigenvalue weighted by Crippen LogP contribution is 2.34. The topological polar surface area (TPSA) is 21.6 Å². The number of hydrogen-bond acceptors (Lipinski definition) is 3. The van der Waals surface area contributed by atoms with Crippen LogP contribution < -0.4 is 0 Å². The number of hydrogen-bond donors (Lipinski definition) is 0. The lowest BCUT2D eigenvalue weighted by Crippen LogP contribution is -2.06. The van der Waals surface area contributed by atoms with E-state index in [9.17, 15) is 13.2 Å². The highest BCUT2D eigenvalue weighted by molar-refractivity contribution is 7.94. The number of alkyl halides is 3. The van der Waals surface area contributed by atoms with E-state index in [-0.39, 0.29) is 0 Å². The molecular weight excluding hydrogens is 215 g/mol. The van der Waals surface area contributed by atoms with Crippen molar-refractivity contribution in [2.75, 3.05) is 0 Å². The fourth-order valence-electron chi connectivity index (χ4n) is 1.04. The maximum atomic E-state index is 12.3. The normalized spacial score (nSPS) is 14.8. The number of halogens is 3. The van der Waals surface area contributed by atoms with Crippen molar-refractivity contribution in [3.8, 4) is 0 Å². The quantitative estimate of drug-likeness (QED) is 0.625. The average molecular weight is 219 g/mol. The van der Waals surface area contributed by atoms with Crippen LogP contribution in [0.5, 0.6) is 0 Å². The van der Waals surface area contributed by atoms with E-state index < -0.39 is 11.7 Å². The Morgan fingerprint density at radius 2 is 2.07 bits per heavy atom. The van der Waals surface area contributed by atoms with Gasteiger partial charge in [-0.1, -0.05) is 5.16 Å². The van der Waals surface area contributed by atoms with Gasteiger partial charge in [-0.15, -0.1) is 0 Å². The summed E-state index contributed by atoms with van der Waals surface area (Å²) in [5.41, 5.74) is -0.249. The van der Waals surface area contributed by atoms with Gasteiger partial charge in [-0.3, -0.25) is 0 Å². The van der Waals surface area contributed by atoms with Gasteiger partial charge in [-0.25, -0.2) is 0 Å². The standard InChI is InChI=1S/C8H4F3NOS/c9-8(10,11)6-1-2-7-5(3-6)4-12-13-14-7/h1-4H. The van der Waals surface area contributed by atoms with E-state index in [0.29, 0.717) is 10.5 Å². The third kappa shape index (κ3) is 1.70. The van der Waals surface area contributed by atoms with Crippen molar-refractivity contribution >= 4 is 18.3 Å². The molecule has 14 heavy (non-hydrogen) atoms. The molecule has 0 saturated heterocycles. The van der Waals surface area contributed by atoms with E-state index in [1.54, 1.807) is 0 Å². The first-order chi connectivity index (χ1) is 6.57. The highest BCUT2D eigenvalue weighted by atomic mass is 32.2. The van der Waals surface area contributed by atoms with Gasteiger partial charge in [0.25, 0.3) is 0 Å². The number of rotatable bonds is 0. The van der Waals surface area contributed by atoms with Gasteiger partial charge in [0.15, 0.2) is 0 Å². The zero-order chi connectivity index (χ0) is 10.2. The predicted molar refractivity (Wildman–Crippen MR) is 46.0 cm³/mol. The van der Waals surface area contributed by atoms with Crippen LogP contribution in [0.1, 0.15) is 11.1 Å². The summed E-state index contributed by atoms with van der Waals surface area (Å²) in [5.74, 6) is 0. The Hall–Kier alpha value is -1.17. The van der Waals surface area contributed by atoms with Crippen molar-refractivity contribution in [3.05, 3.63) is 29.3 Å². The lowest BCUT2D eigenvalue weighted by atomic mass is 10.1. The Morgan fingerprint density at radius 3 is 2.79 bits per heavy atom. The van der Waals surface area contributed by atoms with Crippen molar-refractivity contribution < 1.29 is 17.5 Å². The maximum Gasteiger partial charge on any atom is 0.416 e. The summed E-state index contributed by atoms with van der Waals surface area (Å²) in [6.45, 7) is 0. The van der Waals surface area contributed by atoms with E-state index >= 15 is 0 Å². The van der Waals surface area contributed by atoms with E-state index in [2.05, 4.69) is 9.44 Å². The van der Waals surface area contributed by atoms with Crippen LogP contribution in [0, 0.1) is 0 Å². The van der Waals surface area contributed by atoms with E-state index in [0.717, 1.165) is 24.2 Å². The first-order valence-corrected chi connectivity index (χ1v) is 4.40. The molecule has 0 fully saturated rings. The van der Waals surface area contributed by atoms with Crippen molar-refractivity contribution in [1.82, 2.24) is 0 Å². The number of fused-ring (bicyclic) bond motifs is 1. The summed E-state index contributed by atoms with van der Waals surface area (Å²) in [6, 6.07) is 3.44. The van der Waals surface area contributed by atoms with Crippen molar-refractivity contribution in [2.24, 2.45) is 5.16 Å². The molecule has 1 heterocycles. The number of benzene rings is 1. The molecular formula is C8H4F3NOS. The summed E-state index contributed by atoms with van der Waals surface area (Å²) in [6.07, 6.45) is -3.05.